The normalized spacial score (nSPS) is 15.6. The highest BCUT2D eigenvalue weighted by Gasteiger charge is 2.31. The molecule has 0 aliphatic carbocycles. The summed E-state index contributed by atoms with van der Waals surface area (Å²) in [6.07, 6.45) is 0. The fraction of sp³-hybridized carbons (Fsp3) is 0.333. The number of hydrogen-bond acceptors (Lipinski definition) is 5. The predicted octanol–water partition coefficient (Wildman–Crippen LogP) is 1.74. The van der Waals surface area contributed by atoms with Crippen molar-refractivity contribution in [2.45, 2.75) is 25.3 Å². The summed E-state index contributed by atoms with van der Waals surface area (Å²) in [6.45, 7) is 4.46. The lowest BCUT2D eigenvalue weighted by Gasteiger charge is -2.34. The van der Waals surface area contributed by atoms with Gasteiger partial charge in [-0.25, -0.2) is 13.2 Å². The van der Waals surface area contributed by atoms with Gasteiger partial charge in [-0.15, -0.1) is 0 Å². The van der Waals surface area contributed by atoms with E-state index >= 15 is 0 Å². The Hall–Kier alpha value is -2.91. The first-order chi connectivity index (χ1) is 14.3. The summed E-state index contributed by atoms with van der Waals surface area (Å²) < 4.78 is 34.0. The van der Waals surface area contributed by atoms with Gasteiger partial charge in [0.25, 0.3) is 0 Å². The molecule has 2 heterocycles. The smallest absolute Gasteiger partial charge is 0.408 e. The molecule has 1 amide bonds. The van der Waals surface area contributed by atoms with Crippen LogP contribution in [-0.2, 0) is 21.4 Å². The van der Waals surface area contributed by atoms with Crippen molar-refractivity contribution in [3.05, 3.63) is 64.1 Å². The SMILES string of the molecule is Cc1ccc(C)c(S(=O)(=O)N2CCN(C(=O)Cn3c(=O)oc4ccccc43)CC2)c1. The third-order valence-electron chi connectivity index (χ3n) is 5.42. The molecule has 1 fully saturated rings. The quantitative estimate of drug-likeness (QED) is 0.630. The van der Waals surface area contributed by atoms with E-state index in [1.54, 1.807) is 48.2 Å². The number of rotatable bonds is 4. The summed E-state index contributed by atoms with van der Waals surface area (Å²) in [5, 5.41) is 0. The molecule has 1 aliphatic heterocycles. The van der Waals surface area contributed by atoms with Crippen molar-refractivity contribution in [3.63, 3.8) is 0 Å². The van der Waals surface area contributed by atoms with Crippen LogP contribution in [0.4, 0.5) is 0 Å². The van der Waals surface area contributed by atoms with Crippen LogP contribution >= 0.6 is 0 Å². The van der Waals surface area contributed by atoms with Crippen LogP contribution in [-0.4, -0.2) is 54.3 Å². The van der Waals surface area contributed by atoms with Gasteiger partial charge in [0.1, 0.15) is 6.54 Å². The Balaban J connectivity index is 1.46. The number of fused-ring (bicyclic) bond motifs is 1. The summed E-state index contributed by atoms with van der Waals surface area (Å²) >= 11 is 0. The number of carbonyl (C=O) groups excluding carboxylic acids is 1. The van der Waals surface area contributed by atoms with Gasteiger partial charge in [0.2, 0.25) is 15.9 Å². The molecular formula is C21H23N3O5S. The summed E-state index contributed by atoms with van der Waals surface area (Å²) in [6, 6.07) is 12.3. The largest absolute Gasteiger partial charge is 0.420 e. The van der Waals surface area contributed by atoms with Crippen molar-refractivity contribution >= 4 is 27.0 Å². The molecular weight excluding hydrogens is 406 g/mol. The second kappa shape index (κ2) is 7.73. The lowest BCUT2D eigenvalue weighted by atomic mass is 10.2. The number of aryl methyl sites for hydroxylation is 2. The first-order valence-corrected chi connectivity index (χ1v) is 11.1. The lowest BCUT2D eigenvalue weighted by Crippen LogP contribution is -2.51. The maximum atomic E-state index is 13.0. The second-order valence-corrected chi connectivity index (χ2v) is 9.38. The topological polar surface area (TPSA) is 92.8 Å². The predicted molar refractivity (Wildman–Crippen MR) is 112 cm³/mol. The highest BCUT2D eigenvalue weighted by molar-refractivity contribution is 7.89. The first kappa shape index (κ1) is 20.4. The number of hydrogen-bond donors (Lipinski definition) is 0. The van der Waals surface area contributed by atoms with E-state index < -0.39 is 15.8 Å². The number of benzene rings is 2. The number of aromatic nitrogens is 1. The molecule has 0 atom stereocenters. The van der Waals surface area contributed by atoms with Crippen molar-refractivity contribution in [1.29, 1.82) is 0 Å². The number of carbonyl (C=O) groups is 1. The Kier molecular flexibility index (Phi) is 5.25. The van der Waals surface area contributed by atoms with Gasteiger partial charge in [0, 0.05) is 26.2 Å². The van der Waals surface area contributed by atoms with Gasteiger partial charge in [0.15, 0.2) is 5.58 Å². The maximum Gasteiger partial charge on any atom is 0.420 e. The van der Waals surface area contributed by atoms with Gasteiger partial charge in [-0.2, -0.15) is 4.31 Å². The van der Waals surface area contributed by atoms with Crippen LogP contribution in [0, 0.1) is 13.8 Å². The molecule has 2 aromatic carbocycles. The van der Waals surface area contributed by atoms with Crippen LogP contribution in [0.15, 0.2) is 56.6 Å². The molecule has 1 saturated heterocycles. The monoisotopic (exact) mass is 429 g/mol. The van der Waals surface area contributed by atoms with Gasteiger partial charge in [-0.1, -0.05) is 24.3 Å². The van der Waals surface area contributed by atoms with Gasteiger partial charge in [-0.05, 0) is 43.2 Å². The maximum absolute atomic E-state index is 13.0. The molecule has 1 aromatic heterocycles. The van der Waals surface area contributed by atoms with Crippen molar-refractivity contribution in [1.82, 2.24) is 13.8 Å². The van der Waals surface area contributed by atoms with E-state index in [9.17, 15) is 18.0 Å². The van der Waals surface area contributed by atoms with Crippen molar-refractivity contribution < 1.29 is 17.6 Å². The molecule has 4 rings (SSSR count). The minimum atomic E-state index is -3.62. The Morgan fingerprint density at radius 3 is 2.47 bits per heavy atom. The fourth-order valence-electron chi connectivity index (χ4n) is 3.70. The Labute approximate surface area is 174 Å². The zero-order chi connectivity index (χ0) is 21.5. The minimum Gasteiger partial charge on any atom is -0.408 e. The number of oxazole rings is 1. The molecule has 9 heteroatoms. The zero-order valence-corrected chi connectivity index (χ0v) is 17.7. The zero-order valence-electron chi connectivity index (χ0n) is 16.9. The number of amides is 1. The number of sulfonamides is 1. The summed E-state index contributed by atoms with van der Waals surface area (Å²) in [5.41, 5.74) is 2.57. The standard InChI is InChI=1S/C21H23N3O5S/c1-15-7-8-16(2)19(13-15)30(27,28)23-11-9-22(10-12-23)20(25)14-24-17-5-3-4-6-18(17)29-21(24)26/h3-8,13H,9-12,14H2,1-2H3. The van der Waals surface area contributed by atoms with E-state index in [0.717, 1.165) is 5.56 Å². The molecule has 8 nitrogen and oxygen atoms in total. The molecule has 0 radical (unpaired) electrons. The summed E-state index contributed by atoms with van der Waals surface area (Å²) in [7, 11) is -3.62. The van der Waals surface area contributed by atoms with E-state index in [-0.39, 0.29) is 38.6 Å². The minimum absolute atomic E-state index is 0.139. The average molecular weight is 429 g/mol. The Morgan fingerprint density at radius 2 is 1.73 bits per heavy atom. The van der Waals surface area contributed by atoms with Gasteiger partial charge in [0.05, 0.1) is 10.4 Å². The molecule has 1 aliphatic rings. The third kappa shape index (κ3) is 3.66. The van der Waals surface area contributed by atoms with E-state index in [2.05, 4.69) is 0 Å². The Morgan fingerprint density at radius 1 is 1.03 bits per heavy atom. The van der Waals surface area contributed by atoms with Crippen LogP contribution in [0.5, 0.6) is 0 Å². The van der Waals surface area contributed by atoms with Crippen LogP contribution in [0.25, 0.3) is 11.1 Å². The van der Waals surface area contributed by atoms with Crippen molar-refractivity contribution in [2.75, 3.05) is 26.2 Å². The molecule has 0 bridgehead atoms. The highest BCUT2D eigenvalue weighted by Crippen LogP contribution is 2.22. The van der Waals surface area contributed by atoms with Crippen molar-refractivity contribution in [2.24, 2.45) is 0 Å². The molecule has 30 heavy (non-hydrogen) atoms. The van der Waals surface area contributed by atoms with E-state index in [0.29, 0.717) is 21.6 Å². The van der Waals surface area contributed by atoms with Crippen LogP contribution < -0.4 is 5.76 Å². The van der Waals surface area contributed by atoms with Gasteiger partial charge in [-0.3, -0.25) is 9.36 Å². The third-order valence-corrected chi connectivity index (χ3v) is 7.46. The molecule has 0 unspecified atom stereocenters. The summed E-state index contributed by atoms with van der Waals surface area (Å²) in [4.78, 5) is 26.7. The van der Waals surface area contributed by atoms with Crippen molar-refractivity contribution in [3.8, 4) is 0 Å². The van der Waals surface area contributed by atoms with Crippen LogP contribution in [0.2, 0.25) is 0 Å². The Bertz CT molecular complexity index is 1270. The second-order valence-electron chi connectivity index (χ2n) is 7.48. The molecule has 0 saturated carbocycles. The van der Waals surface area contributed by atoms with E-state index in [4.69, 9.17) is 4.42 Å². The lowest BCUT2D eigenvalue weighted by molar-refractivity contribution is -0.133. The highest BCUT2D eigenvalue weighted by atomic mass is 32.2. The van der Waals surface area contributed by atoms with E-state index in [1.165, 1.54) is 8.87 Å². The van der Waals surface area contributed by atoms with Gasteiger partial charge < -0.3 is 9.32 Å². The van der Waals surface area contributed by atoms with Crippen LogP contribution in [0.3, 0.4) is 0 Å². The number of piperazine rings is 1. The molecule has 3 aromatic rings. The van der Waals surface area contributed by atoms with Crippen LogP contribution in [0.1, 0.15) is 11.1 Å². The molecule has 0 N–H and O–H groups in total. The first-order valence-electron chi connectivity index (χ1n) is 9.71. The number of para-hydroxylation sites is 2. The molecule has 0 spiro atoms. The fourth-order valence-corrected chi connectivity index (χ4v) is 5.43. The number of nitrogens with zero attached hydrogens (tertiary/aromatic N) is 3. The van der Waals surface area contributed by atoms with Gasteiger partial charge >= 0.3 is 5.76 Å². The summed E-state index contributed by atoms with van der Waals surface area (Å²) in [5.74, 6) is -0.826. The van der Waals surface area contributed by atoms with E-state index in [1.807, 2.05) is 13.0 Å². The average Bonchev–Trinajstić information content (AvgIpc) is 3.05. The molecule has 158 valence electrons.